The summed E-state index contributed by atoms with van der Waals surface area (Å²) in [4.78, 5) is 12.4. The summed E-state index contributed by atoms with van der Waals surface area (Å²) in [7, 11) is 0. The lowest BCUT2D eigenvalue weighted by Gasteiger charge is -2.18. The van der Waals surface area contributed by atoms with E-state index in [0.29, 0.717) is 5.56 Å². The van der Waals surface area contributed by atoms with Crippen molar-refractivity contribution in [3.8, 4) is 0 Å². The molecule has 1 aromatic heterocycles. The Morgan fingerprint density at radius 1 is 0.800 bits per heavy atom. The molecule has 0 atom stereocenters. The summed E-state index contributed by atoms with van der Waals surface area (Å²) in [6.07, 6.45) is 3.93. The monoisotopic (exact) mass is 330 g/mol. The van der Waals surface area contributed by atoms with E-state index in [-0.39, 0.29) is 11.2 Å². The third-order valence-corrected chi connectivity index (χ3v) is 4.37. The fourth-order valence-electron chi connectivity index (χ4n) is 2.79. The first-order valence-corrected chi connectivity index (χ1v) is 8.62. The van der Waals surface area contributed by atoms with Gasteiger partial charge in [-0.05, 0) is 11.0 Å². The summed E-state index contributed by atoms with van der Waals surface area (Å²) in [6.45, 7) is 7.46. The van der Waals surface area contributed by atoms with Gasteiger partial charge in [-0.25, -0.2) is 4.57 Å². The Morgan fingerprint density at radius 2 is 1.36 bits per heavy atom. The van der Waals surface area contributed by atoms with Gasteiger partial charge in [-0.1, -0.05) is 75.4 Å². The third kappa shape index (κ3) is 4.21. The van der Waals surface area contributed by atoms with Gasteiger partial charge in [-0.3, -0.25) is 4.79 Å². The molecule has 0 fully saturated rings. The number of pyridine rings is 1. The highest BCUT2D eigenvalue weighted by Gasteiger charge is 2.14. The third-order valence-electron chi connectivity index (χ3n) is 4.37. The highest BCUT2D eigenvalue weighted by molar-refractivity contribution is 6.08. The predicted octanol–water partition coefficient (Wildman–Crippen LogP) is 4.55. The number of carbonyl (C=O) groups excluding carboxylic acids is 1. The summed E-state index contributed by atoms with van der Waals surface area (Å²) < 4.78 is 2.09. The van der Waals surface area contributed by atoms with E-state index < -0.39 is 0 Å². The lowest BCUT2D eigenvalue weighted by Crippen LogP contribution is -2.33. The Hall–Kier alpha value is -2.74. The Morgan fingerprint density at radius 3 is 1.92 bits per heavy atom. The molecule has 3 aromatic rings. The lowest BCUT2D eigenvalue weighted by molar-refractivity contribution is -0.688. The molecule has 0 spiro atoms. The molecule has 0 saturated heterocycles. The van der Waals surface area contributed by atoms with Crippen LogP contribution in [0.1, 0.15) is 47.8 Å². The summed E-state index contributed by atoms with van der Waals surface area (Å²) in [5.41, 5.74) is 4.19. The minimum atomic E-state index is 0.0577. The van der Waals surface area contributed by atoms with Gasteiger partial charge in [0.05, 0.1) is 0 Å². The lowest BCUT2D eigenvalue weighted by atomic mass is 9.87. The van der Waals surface area contributed by atoms with Gasteiger partial charge in [-0.2, -0.15) is 0 Å². The second-order valence-electron chi connectivity index (χ2n) is 7.40. The number of hydrogen-bond donors (Lipinski definition) is 0. The quantitative estimate of drug-likeness (QED) is 0.508. The van der Waals surface area contributed by atoms with Crippen LogP contribution in [-0.2, 0) is 12.0 Å². The van der Waals surface area contributed by atoms with Crippen LogP contribution in [0.5, 0.6) is 0 Å². The van der Waals surface area contributed by atoms with Gasteiger partial charge in [0, 0.05) is 28.8 Å². The van der Waals surface area contributed by atoms with Crippen LogP contribution in [0, 0.1) is 0 Å². The normalized spacial score (nSPS) is 11.3. The molecule has 3 rings (SSSR count). The molecule has 0 aliphatic rings. The zero-order valence-corrected chi connectivity index (χ0v) is 15.1. The maximum Gasteiger partial charge on any atom is 0.193 e. The van der Waals surface area contributed by atoms with E-state index in [1.54, 1.807) is 0 Å². The maximum atomic E-state index is 12.4. The molecular weight excluding hydrogens is 306 g/mol. The average molecular weight is 330 g/mol. The van der Waals surface area contributed by atoms with Crippen LogP contribution < -0.4 is 4.57 Å². The Balaban J connectivity index is 1.72. The van der Waals surface area contributed by atoms with Gasteiger partial charge in [-0.15, -0.1) is 0 Å². The standard InChI is InChI=1S/C23H24NO/c1-23(2,3)21-11-9-18(10-12-21)17-24-15-13-20(14-16-24)22(25)19-7-5-4-6-8-19/h4-16H,17H2,1-3H3/q+1. The highest BCUT2D eigenvalue weighted by atomic mass is 16.1. The number of rotatable bonds is 4. The molecule has 0 radical (unpaired) electrons. The fourth-order valence-corrected chi connectivity index (χ4v) is 2.79. The second kappa shape index (κ2) is 7.02. The molecule has 0 aliphatic carbocycles. The number of benzene rings is 2. The van der Waals surface area contributed by atoms with Crippen molar-refractivity contribution in [3.63, 3.8) is 0 Å². The van der Waals surface area contributed by atoms with E-state index in [1.807, 2.05) is 54.9 Å². The van der Waals surface area contributed by atoms with Crippen molar-refractivity contribution in [1.82, 2.24) is 0 Å². The zero-order chi connectivity index (χ0) is 17.9. The van der Waals surface area contributed by atoms with E-state index >= 15 is 0 Å². The second-order valence-corrected chi connectivity index (χ2v) is 7.40. The van der Waals surface area contributed by atoms with E-state index in [9.17, 15) is 4.79 Å². The maximum absolute atomic E-state index is 12.4. The van der Waals surface area contributed by atoms with Crippen molar-refractivity contribution in [2.24, 2.45) is 0 Å². The van der Waals surface area contributed by atoms with Crippen LogP contribution in [0.15, 0.2) is 79.1 Å². The average Bonchev–Trinajstić information content (AvgIpc) is 2.62. The molecule has 0 unspecified atom stereocenters. The Bertz CT molecular complexity index is 841. The minimum absolute atomic E-state index is 0.0577. The van der Waals surface area contributed by atoms with Crippen molar-refractivity contribution >= 4 is 5.78 Å². The van der Waals surface area contributed by atoms with Gasteiger partial charge in [0.25, 0.3) is 0 Å². The van der Waals surface area contributed by atoms with Gasteiger partial charge in [0.1, 0.15) is 0 Å². The van der Waals surface area contributed by atoms with Crippen LogP contribution in [-0.4, -0.2) is 5.78 Å². The molecule has 0 bridgehead atoms. The summed E-state index contributed by atoms with van der Waals surface area (Å²) in [5.74, 6) is 0.0577. The fraction of sp³-hybridized carbons (Fsp3) is 0.217. The van der Waals surface area contributed by atoms with Crippen molar-refractivity contribution in [2.45, 2.75) is 32.7 Å². The smallest absolute Gasteiger partial charge is 0.193 e. The largest absolute Gasteiger partial charge is 0.289 e. The van der Waals surface area contributed by atoms with Crippen LogP contribution >= 0.6 is 0 Å². The highest BCUT2D eigenvalue weighted by Crippen LogP contribution is 2.22. The van der Waals surface area contributed by atoms with Crippen molar-refractivity contribution in [1.29, 1.82) is 0 Å². The molecule has 2 aromatic carbocycles. The summed E-state index contributed by atoms with van der Waals surface area (Å²) in [5, 5.41) is 0. The molecular formula is C23H24NO+. The Kier molecular flexibility index (Phi) is 4.80. The van der Waals surface area contributed by atoms with Crippen LogP contribution in [0.25, 0.3) is 0 Å². The first-order valence-electron chi connectivity index (χ1n) is 8.62. The molecule has 126 valence electrons. The van der Waals surface area contributed by atoms with Crippen molar-refractivity contribution < 1.29 is 9.36 Å². The molecule has 0 aliphatic heterocycles. The number of aromatic nitrogens is 1. The molecule has 25 heavy (non-hydrogen) atoms. The zero-order valence-electron chi connectivity index (χ0n) is 15.1. The molecule has 2 nitrogen and oxygen atoms in total. The van der Waals surface area contributed by atoms with Crippen molar-refractivity contribution in [3.05, 3.63) is 101 Å². The first kappa shape index (κ1) is 17.1. The van der Waals surface area contributed by atoms with Crippen LogP contribution in [0.4, 0.5) is 0 Å². The summed E-state index contributed by atoms with van der Waals surface area (Å²) >= 11 is 0. The van der Waals surface area contributed by atoms with Gasteiger partial charge >= 0.3 is 0 Å². The number of carbonyl (C=O) groups is 1. The van der Waals surface area contributed by atoms with E-state index in [1.165, 1.54) is 11.1 Å². The first-order chi connectivity index (χ1) is 11.9. The number of nitrogens with zero attached hydrogens (tertiary/aromatic N) is 1. The van der Waals surface area contributed by atoms with Crippen molar-refractivity contribution in [2.75, 3.05) is 0 Å². The molecule has 2 heteroatoms. The topological polar surface area (TPSA) is 20.9 Å². The van der Waals surface area contributed by atoms with Crippen LogP contribution in [0.3, 0.4) is 0 Å². The molecule has 1 heterocycles. The predicted molar refractivity (Wildman–Crippen MR) is 101 cm³/mol. The van der Waals surface area contributed by atoms with Crippen LogP contribution in [0.2, 0.25) is 0 Å². The molecule has 0 N–H and O–H groups in total. The number of hydrogen-bond acceptors (Lipinski definition) is 1. The Labute approximate surface area is 149 Å². The number of ketones is 1. The van der Waals surface area contributed by atoms with E-state index in [4.69, 9.17) is 0 Å². The van der Waals surface area contributed by atoms with Gasteiger partial charge < -0.3 is 0 Å². The molecule has 0 amide bonds. The van der Waals surface area contributed by atoms with E-state index in [2.05, 4.69) is 49.6 Å². The van der Waals surface area contributed by atoms with E-state index in [0.717, 1.165) is 12.1 Å². The molecule has 0 saturated carbocycles. The summed E-state index contributed by atoms with van der Waals surface area (Å²) in [6, 6.07) is 21.9. The van der Waals surface area contributed by atoms with Gasteiger partial charge in [0.15, 0.2) is 24.7 Å². The van der Waals surface area contributed by atoms with Gasteiger partial charge in [0.2, 0.25) is 0 Å². The minimum Gasteiger partial charge on any atom is -0.289 e. The SMILES string of the molecule is CC(C)(C)c1ccc(C[n+]2ccc(C(=O)c3ccccc3)cc2)cc1.